The summed E-state index contributed by atoms with van der Waals surface area (Å²) < 4.78 is 1.66. The van der Waals surface area contributed by atoms with E-state index in [1.54, 1.807) is 11.6 Å². The molecule has 688 valence electrons. The van der Waals surface area contributed by atoms with Crippen LogP contribution in [0, 0.1) is 206 Å². The summed E-state index contributed by atoms with van der Waals surface area (Å²) in [5.74, 6) is 18.6. The number of nitrogens with one attached hydrogen (secondary N) is 1. The summed E-state index contributed by atoms with van der Waals surface area (Å²) in [4.78, 5) is 53.1. The van der Waals surface area contributed by atoms with Crippen molar-refractivity contribution in [2.45, 2.75) is 387 Å². The molecule has 0 aliphatic heterocycles. The molecular weight excluding hydrogens is 1590 g/mol. The van der Waals surface area contributed by atoms with Gasteiger partial charge < -0.3 is 25.5 Å². The van der Waals surface area contributed by atoms with Crippen molar-refractivity contribution in [3.8, 4) is 0 Å². The molecule has 19 rings (SSSR count). The van der Waals surface area contributed by atoms with Crippen LogP contribution in [-0.4, -0.2) is 145 Å². The number of halogens is 1. The molecule has 16 fully saturated rings. The molecule has 122 heavy (non-hydrogen) atoms. The Morgan fingerprint density at radius 3 is 0.975 bits per heavy atom. The van der Waals surface area contributed by atoms with E-state index in [9.17, 15) is 39.6 Å². The largest absolute Gasteiger partial charge is 0.400 e. The number of hydrogen-bond acceptors (Lipinski definition) is 18. The summed E-state index contributed by atoms with van der Waals surface area (Å²) in [6.07, 6.45) is 36.5. The highest BCUT2D eigenvalue weighted by molar-refractivity contribution is 9.09. The van der Waals surface area contributed by atoms with Gasteiger partial charge >= 0.3 is 0 Å². The van der Waals surface area contributed by atoms with Crippen molar-refractivity contribution < 1.29 is 44.7 Å². The molecular formula is C100H167BrN12O9. The van der Waals surface area contributed by atoms with E-state index in [0.717, 1.165) is 175 Å². The van der Waals surface area contributed by atoms with Crippen LogP contribution in [-0.2, 0) is 32.3 Å². The van der Waals surface area contributed by atoms with Gasteiger partial charge in [0.05, 0.1) is 27.7 Å². The molecule has 16 aliphatic carbocycles. The fraction of sp³-hybridized carbons (Fsp3) is 0.930. The third kappa shape index (κ3) is 17.1. The standard InChI is InChI=1S/2C25H40N4O2.C23H37BrO2.C23H38O2.C2H4N4.CH4O.CH4/c1-15-12-17-13-23(3,31)10-11-24(17,4)20-8-9-25(5)18(6-7-19(25)22(15)20)21(30)14-29-16(2)26-27-28-29;1-15-12-17-13-23(3,31)10-11-24(17,4)20-8-9-25(5)18(6-7-19(25)22(15)20)21(30)14-29-27-16(2)26-28-29;1-14-11-15-12-21(2,26)9-10-22(15,3)18-7-8-23(4)16(19(25)13-24)5-6-17(23)20(14)18;1-14-12-16-13-21(3,25)10-11-22(16,4)19-8-9-23(5)17(15(2)24)6-7-18(23)20(14)19;1-2-3-5-6-4-2;1-2;/h2*15,17-20,22,31H,6-14H2,1-5H3;14-18,20,26H,5-13H2,1-4H3;14,16-20,25H,6-13H2,1-5H3;1H3,(H,3,4,5,6);2H,1H3;1H4/t2*15-,17-,18+,19-,20-,22-,23+,24-,25+;14-,15-,16+,17-,18-,20-,21+,22-,23+;14-,16-,17+,18-,19-,20-,21+,22-,23+;;;/m0000.../s1. The lowest BCUT2D eigenvalue weighted by Crippen LogP contribution is -2.58. The average molecular weight is 1760 g/mol. The SMILES string of the molecule is C.CC(=O)[C@H]1CC[C@H]2[C@@H]3[C@@H](C)C[C@H]4C[C@](C)(O)CC[C@]4(C)[C@H]3CC[C@]12C.CO.C[C@H]1C[C@H]2C[C@](C)(O)CC[C@]2(C)[C@H]2CC[C@]3(C)[C@@H](C(=O)CBr)CC[C@H]3[C@H]12.Cc1nn[nH]n1.Cc1nnn(CC(=O)[C@H]2CC[C@H]3[C@@H]4[C@@H](C)C[C@H]5C[C@](C)(O)CC[C@]5(C)[C@H]4CC[C@]23C)n1.Cc1nnnn1CC(=O)[C@H]1CC[C@H]2[C@@H]3[C@@H](C)C[C@H]4C[C@](C)(O)CC[C@]4(C)[C@H]3CC[C@]12C. The molecule has 0 spiro atoms. The summed E-state index contributed by atoms with van der Waals surface area (Å²) in [5, 5.41) is 87.0. The first kappa shape index (κ1) is 95.7. The highest BCUT2D eigenvalue weighted by Gasteiger charge is 2.69. The van der Waals surface area contributed by atoms with Crippen LogP contribution in [0.25, 0.3) is 0 Å². The number of aryl methyl sites for hydroxylation is 3. The topological polar surface area (TPSA) is 311 Å². The summed E-state index contributed by atoms with van der Waals surface area (Å²) in [5.41, 5.74) is 0.327. The van der Waals surface area contributed by atoms with Gasteiger partial charge in [-0.2, -0.15) is 10.0 Å². The number of aliphatic hydroxyl groups is 5. The van der Waals surface area contributed by atoms with Gasteiger partial charge in [-0.1, -0.05) is 112 Å². The van der Waals surface area contributed by atoms with Gasteiger partial charge in [-0.15, -0.1) is 25.5 Å². The number of fused-ring (bicyclic) bond motifs is 20. The molecule has 6 N–H and O–H groups in total. The fourth-order valence-corrected chi connectivity index (χ4v) is 35.5. The molecule has 0 bridgehead atoms. The molecule has 36 atom stereocenters. The van der Waals surface area contributed by atoms with Crippen molar-refractivity contribution in [1.82, 2.24) is 61.0 Å². The number of hydrogen-bond donors (Lipinski definition) is 6. The number of nitrogens with zero attached hydrogens (tertiary/aromatic N) is 11. The Hall–Kier alpha value is -3.83. The fourth-order valence-electron chi connectivity index (χ4n) is 35.1. The predicted octanol–water partition coefficient (Wildman–Crippen LogP) is 19.0. The number of alkyl halides is 1. The minimum atomic E-state index is -0.488. The predicted molar refractivity (Wildman–Crippen MR) is 480 cm³/mol. The number of aromatic nitrogens is 12. The van der Waals surface area contributed by atoms with Crippen LogP contribution in [0.3, 0.4) is 0 Å². The minimum absolute atomic E-state index is 0. The van der Waals surface area contributed by atoms with Crippen LogP contribution >= 0.6 is 15.9 Å². The Balaban J connectivity index is 0.000000136. The maximum atomic E-state index is 13.4. The molecule has 3 heterocycles. The van der Waals surface area contributed by atoms with E-state index in [0.29, 0.717) is 133 Å². The highest BCUT2D eigenvalue weighted by Crippen LogP contribution is 2.75. The Bertz CT molecular complexity index is 4150. The van der Waals surface area contributed by atoms with E-state index >= 15 is 0 Å². The molecule has 3 aromatic heterocycles. The van der Waals surface area contributed by atoms with Gasteiger partial charge in [0.1, 0.15) is 30.5 Å². The number of rotatable bonds is 9. The first-order valence-electron chi connectivity index (χ1n) is 48.8. The number of carbonyl (C=O) groups excluding carboxylic acids is 4. The van der Waals surface area contributed by atoms with Gasteiger partial charge in [0.2, 0.25) is 0 Å². The lowest BCUT2D eigenvalue weighted by molar-refractivity contribution is -0.166. The van der Waals surface area contributed by atoms with Gasteiger partial charge in [-0.25, -0.2) is 4.68 Å². The Morgan fingerprint density at radius 2 is 0.705 bits per heavy atom. The molecule has 0 saturated heterocycles. The number of Topliss-reactive ketones (excluding diaryl/α,β-unsaturated/α-hetero) is 4. The summed E-state index contributed by atoms with van der Waals surface area (Å²) >= 11 is 3.44. The van der Waals surface area contributed by atoms with Gasteiger partial charge in [0.25, 0.3) is 0 Å². The lowest BCUT2D eigenvalue weighted by Gasteiger charge is -2.63. The summed E-state index contributed by atoms with van der Waals surface area (Å²) in [7, 11) is 1.00. The molecule has 0 aromatic carbocycles. The van der Waals surface area contributed by atoms with Gasteiger partial charge in [0.15, 0.2) is 23.2 Å². The second-order valence-corrected chi connectivity index (χ2v) is 48.7. The van der Waals surface area contributed by atoms with Crippen molar-refractivity contribution in [2.75, 3.05) is 12.4 Å². The Labute approximate surface area is 742 Å². The monoisotopic (exact) mass is 1760 g/mol. The number of carbonyl (C=O) groups is 4. The van der Waals surface area contributed by atoms with Gasteiger partial charge in [-0.3, -0.25) is 19.2 Å². The van der Waals surface area contributed by atoms with Crippen LogP contribution in [0.4, 0.5) is 0 Å². The Kier molecular flexibility index (Phi) is 27.6. The van der Waals surface area contributed by atoms with Crippen LogP contribution in [0.1, 0.15) is 348 Å². The van der Waals surface area contributed by atoms with Crippen LogP contribution in [0.5, 0.6) is 0 Å². The van der Waals surface area contributed by atoms with E-state index in [-0.39, 0.29) is 53.4 Å². The van der Waals surface area contributed by atoms with Crippen molar-refractivity contribution in [1.29, 1.82) is 0 Å². The first-order chi connectivity index (χ1) is 56.7. The van der Waals surface area contributed by atoms with Crippen LogP contribution in [0.2, 0.25) is 0 Å². The van der Waals surface area contributed by atoms with Gasteiger partial charge in [-0.05, 0) is 438 Å². The normalized spacial score (nSPS) is 49.4. The highest BCUT2D eigenvalue weighted by atomic mass is 79.9. The zero-order valence-electron chi connectivity index (χ0n) is 78.8. The van der Waals surface area contributed by atoms with Crippen molar-refractivity contribution in [3.63, 3.8) is 0 Å². The molecule has 21 nitrogen and oxygen atoms in total. The smallest absolute Gasteiger partial charge is 0.171 e. The molecule has 0 unspecified atom stereocenters. The lowest BCUT2D eigenvalue weighted by atomic mass is 9.42. The average Bonchev–Trinajstić information content (AvgIpc) is 1.49. The van der Waals surface area contributed by atoms with E-state index in [4.69, 9.17) is 5.11 Å². The van der Waals surface area contributed by atoms with E-state index in [2.05, 4.69) is 164 Å². The second kappa shape index (κ2) is 35.1. The number of aromatic amines is 1. The zero-order valence-corrected chi connectivity index (χ0v) is 80.4. The zero-order chi connectivity index (χ0) is 87.9. The van der Waals surface area contributed by atoms with Crippen LogP contribution in [0.15, 0.2) is 0 Å². The van der Waals surface area contributed by atoms with Crippen molar-refractivity contribution in [3.05, 3.63) is 17.5 Å². The number of H-pyrrole nitrogens is 1. The van der Waals surface area contributed by atoms with Crippen LogP contribution < -0.4 is 0 Å². The minimum Gasteiger partial charge on any atom is -0.400 e. The number of ketones is 4. The van der Waals surface area contributed by atoms with E-state index < -0.39 is 22.4 Å². The third-order valence-corrected chi connectivity index (χ3v) is 41.9. The molecule has 16 aliphatic rings. The molecule has 0 radical (unpaired) electrons. The second-order valence-electron chi connectivity index (χ2n) is 48.2. The third-order valence-electron chi connectivity index (χ3n) is 41.4. The maximum absolute atomic E-state index is 13.4. The molecule has 0 amide bonds. The van der Waals surface area contributed by atoms with Crippen molar-refractivity contribution >= 4 is 39.1 Å². The van der Waals surface area contributed by atoms with E-state index in [1.807, 2.05) is 34.6 Å². The van der Waals surface area contributed by atoms with Gasteiger partial charge in [0, 0.05) is 30.8 Å². The summed E-state index contributed by atoms with van der Waals surface area (Å²) in [6.45, 7) is 45.8. The quantitative estimate of drug-likeness (QED) is 0.108. The Morgan fingerprint density at radius 1 is 0.393 bits per heavy atom. The molecule has 16 saturated carbocycles. The summed E-state index contributed by atoms with van der Waals surface area (Å²) in [6, 6.07) is 0. The van der Waals surface area contributed by atoms with E-state index in [1.165, 1.54) is 108 Å². The molecule has 22 heteroatoms. The number of tetrazole rings is 3. The first-order valence-corrected chi connectivity index (χ1v) is 50.0. The maximum Gasteiger partial charge on any atom is 0.171 e. The molecule has 3 aromatic rings. The van der Waals surface area contributed by atoms with Crippen molar-refractivity contribution in [2.24, 2.45) is 185 Å². The number of aliphatic hydroxyl groups excluding tert-OH is 1.